The molecule has 2 N–H and O–H groups in total. The summed E-state index contributed by atoms with van der Waals surface area (Å²) in [5.41, 5.74) is 6.14. The molecular weight excluding hydrogens is 494 g/mol. The highest BCUT2D eigenvalue weighted by Gasteiger charge is 2.19. The van der Waals surface area contributed by atoms with Crippen LogP contribution in [0.25, 0.3) is 16.6 Å². The molecule has 4 aromatic rings. The van der Waals surface area contributed by atoms with E-state index in [1.807, 2.05) is 17.4 Å². The molecule has 3 aromatic heterocycles. The van der Waals surface area contributed by atoms with Gasteiger partial charge < -0.3 is 24.7 Å². The largest absolute Gasteiger partial charge is 0.493 e. The van der Waals surface area contributed by atoms with Gasteiger partial charge in [-0.15, -0.1) is 0 Å². The second kappa shape index (κ2) is 11.3. The van der Waals surface area contributed by atoms with Crippen molar-refractivity contribution in [2.24, 2.45) is 0 Å². The number of fused-ring (bicyclic) bond motifs is 1. The van der Waals surface area contributed by atoms with Crippen LogP contribution in [-0.4, -0.2) is 53.2 Å². The van der Waals surface area contributed by atoms with Crippen molar-refractivity contribution in [2.75, 3.05) is 37.8 Å². The second-order valence-electron chi connectivity index (χ2n) is 10.1. The van der Waals surface area contributed by atoms with Crippen molar-refractivity contribution in [2.45, 2.75) is 40.2 Å². The Kier molecular flexibility index (Phi) is 7.70. The Balaban J connectivity index is 1.48. The van der Waals surface area contributed by atoms with Crippen LogP contribution >= 0.6 is 0 Å². The highest BCUT2D eigenvalue weighted by Crippen LogP contribution is 2.29. The number of benzene rings is 1. The molecule has 1 aromatic carbocycles. The van der Waals surface area contributed by atoms with Crippen molar-refractivity contribution >= 4 is 17.1 Å². The molecule has 4 heterocycles. The monoisotopic (exact) mass is 529 g/mol. The van der Waals surface area contributed by atoms with Crippen LogP contribution < -0.4 is 20.5 Å². The number of anilines is 1. The van der Waals surface area contributed by atoms with E-state index in [2.05, 4.69) is 64.4 Å². The van der Waals surface area contributed by atoms with Crippen LogP contribution in [0.4, 0.5) is 5.69 Å². The van der Waals surface area contributed by atoms with Crippen molar-refractivity contribution in [1.82, 2.24) is 19.7 Å². The number of H-pyrrole nitrogens is 1. The average molecular weight is 530 g/mol. The molecule has 1 aliphatic heterocycles. The molecule has 0 radical (unpaired) electrons. The molecule has 0 spiro atoms. The molecule has 0 aliphatic carbocycles. The molecule has 0 saturated carbocycles. The molecule has 39 heavy (non-hydrogen) atoms. The van der Waals surface area contributed by atoms with Gasteiger partial charge in [0, 0.05) is 24.5 Å². The Morgan fingerprint density at radius 3 is 2.56 bits per heavy atom. The van der Waals surface area contributed by atoms with Gasteiger partial charge in [-0.05, 0) is 61.2 Å². The van der Waals surface area contributed by atoms with Crippen LogP contribution in [-0.2, 0) is 11.3 Å². The van der Waals surface area contributed by atoms with Crippen LogP contribution in [0.2, 0.25) is 0 Å². The number of hydrogen-bond acceptors (Lipinski definition) is 6. The highest BCUT2D eigenvalue weighted by molar-refractivity contribution is 5.95. The standard InChI is InChI=1S/C30H35N5O4/c1-5-39-27-14-20(4)33-29(36)24(27)17-31-30(37)26-16-22(15-25-28(19(2)3)32-18-35(25)26)21-6-8-23(9-7-21)34-10-12-38-13-11-34/h6-9,14-16,18-19H,5,10-13,17H2,1-4H3,(H,31,37)(H,33,36). The van der Waals surface area contributed by atoms with Crippen LogP contribution in [0.3, 0.4) is 0 Å². The van der Waals surface area contributed by atoms with Gasteiger partial charge in [0.25, 0.3) is 11.5 Å². The maximum Gasteiger partial charge on any atom is 0.268 e. The van der Waals surface area contributed by atoms with Gasteiger partial charge in [-0.25, -0.2) is 4.98 Å². The van der Waals surface area contributed by atoms with E-state index in [9.17, 15) is 9.59 Å². The summed E-state index contributed by atoms with van der Waals surface area (Å²) in [7, 11) is 0. The lowest BCUT2D eigenvalue weighted by Crippen LogP contribution is -2.36. The predicted octanol–water partition coefficient (Wildman–Crippen LogP) is 4.29. The molecule has 1 saturated heterocycles. The number of aryl methyl sites for hydroxylation is 1. The SMILES string of the molecule is CCOc1cc(C)[nH]c(=O)c1CNC(=O)c1cc(-c2ccc(N3CCOCC3)cc2)cc2c(C(C)C)ncn12. The van der Waals surface area contributed by atoms with Crippen LogP contribution in [0.5, 0.6) is 5.75 Å². The quantitative estimate of drug-likeness (QED) is 0.353. The average Bonchev–Trinajstić information content (AvgIpc) is 3.37. The van der Waals surface area contributed by atoms with Crippen molar-refractivity contribution < 1.29 is 14.3 Å². The molecule has 5 rings (SSSR count). The lowest BCUT2D eigenvalue weighted by atomic mass is 10.0. The Labute approximate surface area is 227 Å². The van der Waals surface area contributed by atoms with E-state index in [4.69, 9.17) is 9.47 Å². The van der Waals surface area contributed by atoms with Crippen LogP contribution in [0.1, 0.15) is 54.1 Å². The molecule has 204 valence electrons. The normalized spacial score (nSPS) is 13.7. The minimum absolute atomic E-state index is 0.0372. The number of aromatic nitrogens is 3. The summed E-state index contributed by atoms with van der Waals surface area (Å²) in [5.74, 6) is 0.356. The number of nitrogens with zero attached hydrogens (tertiary/aromatic N) is 3. The van der Waals surface area contributed by atoms with Gasteiger partial charge in [0.2, 0.25) is 0 Å². The van der Waals surface area contributed by atoms with Gasteiger partial charge >= 0.3 is 0 Å². The van der Waals surface area contributed by atoms with Gasteiger partial charge in [0.15, 0.2) is 0 Å². The van der Waals surface area contributed by atoms with E-state index in [1.165, 1.54) is 0 Å². The third kappa shape index (κ3) is 5.54. The molecule has 0 bridgehead atoms. The van der Waals surface area contributed by atoms with Crippen molar-refractivity contribution in [3.8, 4) is 16.9 Å². The van der Waals surface area contributed by atoms with Gasteiger partial charge in [0.1, 0.15) is 17.8 Å². The summed E-state index contributed by atoms with van der Waals surface area (Å²) >= 11 is 0. The number of ether oxygens (including phenoxy) is 2. The van der Waals surface area contributed by atoms with Gasteiger partial charge in [-0.3, -0.25) is 14.0 Å². The maximum absolute atomic E-state index is 13.6. The van der Waals surface area contributed by atoms with E-state index in [1.54, 1.807) is 19.3 Å². The van der Waals surface area contributed by atoms with E-state index >= 15 is 0 Å². The summed E-state index contributed by atoms with van der Waals surface area (Å²) in [6.45, 7) is 11.5. The van der Waals surface area contributed by atoms with Crippen molar-refractivity contribution in [3.05, 3.63) is 81.8 Å². The first kappa shape index (κ1) is 26.5. The summed E-state index contributed by atoms with van der Waals surface area (Å²) in [5, 5.41) is 2.93. The number of rotatable bonds is 8. The Morgan fingerprint density at radius 2 is 1.87 bits per heavy atom. The number of aromatic amines is 1. The smallest absolute Gasteiger partial charge is 0.268 e. The lowest BCUT2D eigenvalue weighted by molar-refractivity contribution is 0.0944. The fourth-order valence-corrected chi connectivity index (χ4v) is 4.98. The fraction of sp³-hybridized carbons (Fsp3) is 0.367. The number of amides is 1. The van der Waals surface area contributed by atoms with Gasteiger partial charge in [0.05, 0.1) is 43.1 Å². The zero-order chi connectivity index (χ0) is 27.5. The van der Waals surface area contributed by atoms with E-state index in [0.29, 0.717) is 29.3 Å². The van der Waals surface area contributed by atoms with Gasteiger partial charge in [-0.1, -0.05) is 26.0 Å². The number of morpholine rings is 1. The van der Waals surface area contributed by atoms with Gasteiger partial charge in [-0.2, -0.15) is 0 Å². The number of imidazole rings is 1. The first-order valence-corrected chi connectivity index (χ1v) is 13.4. The first-order valence-electron chi connectivity index (χ1n) is 13.4. The molecule has 9 nitrogen and oxygen atoms in total. The van der Waals surface area contributed by atoms with E-state index in [0.717, 1.165) is 54.3 Å². The minimum Gasteiger partial charge on any atom is -0.493 e. The van der Waals surface area contributed by atoms with Crippen molar-refractivity contribution in [1.29, 1.82) is 0 Å². The highest BCUT2D eigenvalue weighted by atomic mass is 16.5. The summed E-state index contributed by atoms with van der Waals surface area (Å²) in [6, 6.07) is 14.1. The zero-order valence-electron chi connectivity index (χ0n) is 22.9. The number of carbonyl (C=O) groups excluding carboxylic acids is 1. The third-order valence-electron chi connectivity index (χ3n) is 6.99. The molecule has 0 unspecified atom stereocenters. The summed E-state index contributed by atoms with van der Waals surface area (Å²) in [6.07, 6.45) is 1.69. The third-order valence-corrected chi connectivity index (χ3v) is 6.99. The minimum atomic E-state index is -0.304. The van der Waals surface area contributed by atoms with Crippen LogP contribution in [0, 0.1) is 6.92 Å². The molecule has 0 atom stereocenters. The first-order chi connectivity index (χ1) is 18.9. The number of pyridine rings is 2. The van der Waals surface area contributed by atoms with Crippen molar-refractivity contribution in [3.63, 3.8) is 0 Å². The summed E-state index contributed by atoms with van der Waals surface area (Å²) in [4.78, 5) is 35.9. The Hall–Kier alpha value is -4.11. The topological polar surface area (TPSA) is 101 Å². The Bertz CT molecular complexity index is 1530. The number of carbonyl (C=O) groups is 1. The molecular formula is C30H35N5O4. The molecule has 1 aliphatic rings. The number of hydrogen-bond donors (Lipinski definition) is 2. The van der Waals surface area contributed by atoms with E-state index in [-0.39, 0.29) is 23.9 Å². The maximum atomic E-state index is 13.6. The Morgan fingerprint density at radius 1 is 1.13 bits per heavy atom. The fourth-order valence-electron chi connectivity index (χ4n) is 4.98. The molecule has 1 fully saturated rings. The van der Waals surface area contributed by atoms with E-state index < -0.39 is 0 Å². The zero-order valence-corrected chi connectivity index (χ0v) is 22.9. The molecule has 1 amide bonds. The van der Waals surface area contributed by atoms with Crippen LogP contribution in [0.15, 0.2) is 53.6 Å². The predicted molar refractivity (Wildman–Crippen MR) is 152 cm³/mol. The molecule has 9 heteroatoms. The lowest BCUT2D eigenvalue weighted by Gasteiger charge is -2.29. The second-order valence-corrected chi connectivity index (χ2v) is 10.1. The summed E-state index contributed by atoms with van der Waals surface area (Å²) < 4.78 is 13.0. The number of nitrogens with one attached hydrogen (secondary N) is 2.